The summed E-state index contributed by atoms with van der Waals surface area (Å²) in [5.41, 5.74) is 5.56. The number of aromatic carboxylic acids is 1. The molecule has 8 heteroatoms. The number of aryl methyl sites for hydroxylation is 1. The average Bonchev–Trinajstić information content (AvgIpc) is 2.63. The van der Waals surface area contributed by atoms with E-state index in [1.54, 1.807) is 10.6 Å². The molecule has 1 aliphatic rings. The number of nitrogens with zero attached hydrogens (tertiary/aromatic N) is 3. The van der Waals surface area contributed by atoms with Crippen molar-refractivity contribution in [2.24, 2.45) is 5.73 Å². The molecule has 2 heterocycles. The number of halogens is 1. The summed E-state index contributed by atoms with van der Waals surface area (Å²) in [6, 6.07) is 2.82. The number of aromatic nitrogens is 1. The Morgan fingerprint density at radius 2 is 1.96 bits per heavy atom. The molecule has 1 saturated heterocycles. The summed E-state index contributed by atoms with van der Waals surface area (Å²) in [4.78, 5) is 27.9. The van der Waals surface area contributed by atoms with Gasteiger partial charge in [0, 0.05) is 57.4 Å². The van der Waals surface area contributed by atoms with Crippen LogP contribution in [-0.2, 0) is 6.54 Å². The van der Waals surface area contributed by atoms with Crippen LogP contribution in [0.4, 0.5) is 10.1 Å². The molecule has 26 heavy (non-hydrogen) atoms. The number of benzene rings is 1. The number of piperazine rings is 1. The second-order valence-corrected chi connectivity index (χ2v) is 6.40. The van der Waals surface area contributed by atoms with Gasteiger partial charge in [-0.1, -0.05) is 0 Å². The molecule has 1 aliphatic heterocycles. The van der Waals surface area contributed by atoms with Gasteiger partial charge in [-0.2, -0.15) is 0 Å². The number of hydrogen-bond donors (Lipinski definition) is 2. The molecule has 1 aromatic heterocycles. The molecule has 0 aliphatic carbocycles. The first kappa shape index (κ1) is 18.3. The maximum Gasteiger partial charge on any atom is 0.341 e. The average molecular weight is 362 g/mol. The molecule has 7 nitrogen and oxygen atoms in total. The van der Waals surface area contributed by atoms with Gasteiger partial charge in [0.15, 0.2) is 0 Å². The summed E-state index contributed by atoms with van der Waals surface area (Å²) < 4.78 is 16.4. The third-order valence-corrected chi connectivity index (χ3v) is 4.88. The van der Waals surface area contributed by atoms with Crippen molar-refractivity contribution in [3.63, 3.8) is 0 Å². The lowest BCUT2D eigenvalue weighted by Crippen LogP contribution is -2.48. The van der Waals surface area contributed by atoms with Crippen molar-refractivity contribution in [2.45, 2.75) is 13.5 Å². The highest BCUT2D eigenvalue weighted by atomic mass is 19.1. The summed E-state index contributed by atoms with van der Waals surface area (Å²) in [5, 5.41) is 9.30. The SMILES string of the molecule is CCn1cc(C(=O)O)c(=O)c2cc(F)c(N3CCN(CCN)CC3)cc21. The molecule has 140 valence electrons. The van der Waals surface area contributed by atoms with E-state index in [0.29, 0.717) is 37.4 Å². The molecule has 2 aromatic rings. The fraction of sp³-hybridized carbons (Fsp3) is 0.444. The second kappa shape index (κ2) is 7.43. The van der Waals surface area contributed by atoms with Crippen LogP contribution in [0.15, 0.2) is 23.1 Å². The van der Waals surface area contributed by atoms with Crippen LogP contribution in [0.3, 0.4) is 0 Å². The van der Waals surface area contributed by atoms with Crippen LogP contribution in [0, 0.1) is 5.82 Å². The van der Waals surface area contributed by atoms with E-state index >= 15 is 0 Å². The van der Waals surface area contributed by atoms with Crippen molar-refractivity contribution in [1.29, 1.82) is 0 Å². The predicted octanol–water partition coefficient (Wildman–Crippen LogP) is 0.939. The first-order valence-electron chi connectivity index (χ1n) is 8.73. The highest BCUT2D eigenvalue weighted by molar-refractivity contribution is 5.93. The van der Waals surface area contributed by atoms with Gasteiger partial charge in [-0.15, -0.1) is 0 Å². The van der Waals surface area contributed by atoms with E-state index in [9.17, 15) is 19.1 Å². The van der Waals surface area contributed by atoms with Gasteiger partial charge in [0.05, 0.1) is 11.2 Å². The third-order valence-electron chi connectivity index (χ3n) is 4.88. The van der Waals surface area contributed by atoms with Gasteiger partial charge in [-0.05, 0) is 19.1 Å². The van der Waals surface area contributed by atoms with E-state index in [1.165, 1.54) is 6.20 Å². The predicted molar refractivity (Wildman–Crippen MR) is 98.5 cm³/mol. The Kier molecular flexibility index (Phi) is 5.24. The van der Waals surface area contributed by atoms with Gasteiger partial charge >= 0.3 is 5.97 Å². The highest BCUT2D eigenvalue weighted by Gasteiger charge is 2.22. The summed E-state index contributed by atoms with van der Waals surface area (Å²) in [6.45, 7) is 6.69. The zero-order chi connectivity index (χ0) is 18.8. The molecular formula is C18H23FN4O3. The summed E-state index contributed by atoms with van der Waals surface area (Å²) in [5.74, 6) is -1.81. The fourth-order valence-corrected chi connectivity index (χ4v) is 3.45. The minimum atomic E-state index is -1.31. The Labute approximate surface area is 150 Å². The number of hydrogen-bond acceptors (Lipinski definition) is 5. The molecule has 1 fully saturated rings. The van der Waals surface area contributed by atoms with Gasteiger partial charge in [0.2, 0.25) is 5.43 Å². The first-order valence-corrected chi connectivity index (χ1v) is 8.73. The van der Waals surface area contributed by atoms with Crippen molar-refractivity contribution in [1.82, 2.24) is 9.47 Å². The van der Waals surface area contributed by atoms with E-state index in [-0.39, 0.29) is 10.9 Å². The van der Waals surface area contributed by atoms with Crippen molar-refractivity contribution in [3.8, 4) is 0 Å². The van der Waals surface area contributed by atoms with E-state index in [4.69, 9.17) is 5.73 Å². The monoisotopic (exact) mass is 362 g/mol. The summed E-state index contributed by atoms with van der Waals surface area (Å²) in [7, 11) is 0. The molecule has 3 rings (SSSR count). The Morgan fingerprint density at radius 3 is 2.54 bits per heavy atom. The van der Waals surface area contributed by atoms with Gasteiger partial charge in [-0.3, -0.25) is 9.69 Å². The number of carboxylic acids is 1. The van der Waals surface area contributed by atoms with Crippen molar-refractivity contribution < 1.29 is 14.3 Å². The standard InChI is InChI=1S/C18H23FN4O3/c1-2-22-11-13(18(25)26)17(24)12-9-14(19)16(10-15(12)22)23-7-5-21(4-3-20)6-8-23/h9-11H,2-8,20H2,1H3,(H,25,26). The molecule has 0 amide bonds. The maximum atomic E-state index is 14.7. The quantitative estimate of drug-likeness (QED) is 0.823. The smallest absolute Gasteiger partial charge is 0.341 e. The molecule has 0 atom stereocenters. The lowest BCUT2D eigenvalue weighted by Gasteiger charge is -2.36. The number of carboxylic acid groups (broad SMARTS) is 1. The summed E-state index contributed by atoms with van der Waals surface area (Å²) in [6.07, 6.45) is 1.33. The van der Waals surface area contributed by atoms with Crippen molar-refractivity contribution in [3.05, 3.63) is 39.9 Å². The van der Waals surface area contributed by atoms with Gasteiger partial charge in [0.1, 0.15) is 11.4 Å². The number of nitrogens with two attached hydrogens (primary N) is 1. The molecule has 0 saturated carbocycles. The van der Waals surface area contributed by atoms with Crippen LogP contribution in [0.25, 0.3) is 10.9 Å². The Hall–Kier alpha value is -2.45. The number of pyridine rings is 1. The van der Waals surface area contributed by atoms with Crippen LogP contribution < -0.4 is 16.1 Å². The number of fused-ring (bicyclic) bond motifs is 1. The van der Waals surface area contributed by atoms with Crippen LogP contribution in [0.5, 0.6) is 0 Å². The largest absolute Gasteiger partial charge is 0.477 e. The minimum Gasteiger partial charge on any atom is -0.477 e. The number of rotatable bonds is 5. The van der Waals surface area contributed by atoms with Crippen LogP contribution in [0.1, 0.15) is 17.3 Å². The second-order valence-electron chi connectivity index (χ2n) is 6.40. The Morgan fingerprint density at radius 1 is 1.27 bits per heavy atom. The zero-order valence-corrected chi connectivity index (χ0v) is 14.7. The van der Waals surface area contributed by atoms with Crippen LogP contribution in [0.2, 0.25) is 0 Å². The van der Waals surface area contributed by atoms with Crippen LogP contribution >= 0.6 is 0 Å². The minimum absolute atomic E-state index is 0.0924. The molecule has 3 N–H and O–H groups in total. The van der Waals surface area contributed by atoms with Gasteiger partial charge in [0.25, 0.3) is 0 Å². The Bertz CT molecular complexity index is 888. The first-order chi connectivity index (χ1) is 12.5. The molecule has 1 aromatic carbocycles. The summed E-state index contributed by atoms with van der Waals surface area (Å²) >= 11 is 0. The van der Waals surface area contributed by atoms with Crippen molar-refractivity contribution in [2.75, 3.05) is 44.2 Å². The maximum absolute atomic E-state index is 14.7. The van der Waals surface area contributed by atoms with Crippen molar-refractivity contribution >= 4 is 22.6 Å². The van der Waals surface area contributed by atoms with E-state index in [0.717, 1.165) is 25.7 Å². The zero-order valence-electron chi connectivity index (χ0n) is 14.7. The highest BCUT2D eigenvalue weighted by Crippen LogP contribution is 2.26. The number of anilines is 1. The molecule has 0 spiro atoms. The normalized spacial score (nSPS) is 15.6. The Balaban J connectivity index is 2.04. The van der Waals surface area contributed by atoms with E-state index < -0.39 is 17.2 Å². The lowest BCUT2D eigenvalue weighted by atomic mass is 10.1. The number of carbonyl (C=O) groups is 1. The molecule has 0 radical (unpaired) electrons. The van der Waals surface area contributed by atoms with E-state index in [1.807, 2.05) is 11.8 Å². The molecule has 0 unspecified atom stereocenters. The van der Waals surface area contributed by atoms with Gasteiger partial charge in [-0.25, -0.2) is 9.18 Å². The third kappa shape index (κ3) is 3.30. The molecule has 0 bridgehead atoms. The fourth-order valence-electron chi connectivity index (χ4n) is 3.45. The topological polar surface area (TPSA) is 91.8 Å². The molecular weight excluding hydrogens is 339 g/mol. The van der Waals surface area contributed by atoms with Gasteiger partial charge < -0.3 is 20.3 Å². The van der Waals surface area contributed by atoms with E-state index in [2.05, 4.69) is 4.90 Å². The van der Waals surface area contributed by atoms with Crippen LogP contribution in [-0.4, -0.2) is 59.8 Å². The lowest BCUT2D eigenvalue weighted by molar-refractivity contribution is 0.0695.